The number of hydrogen-bond donors (Lipinski definition) is 1. The number of rotatable bonds is 5. The molecule has 2 amide bonds. The Morgan fingerprint density at radius 2 is 1.54 bits per heavy atom. The zero-order chi connectivity index (χ0) is 32.3. The minimum Gasteiger partial charge on any atom is -0.489 e. The third-order valence-electron chi connectivity index (χ3n) is 13.2. The van der Waals surface area contributed by atoms with E-state index in [1.165, 1.54) is 27.8 Å². The molecule has 1 unspecified atom stereocenters. The van der Waals surface area contributed by atoms with Gasteiger partial charge in [-0.1, -0.05) is 94.3 Å². The number of aryl methyl sites for hydroxylation is 3. The zero-order valence-corrected chi connectivity index (χ0v) is 28.5. The summed E-state index contributed by atoms with van der Waals surface area (Å²) in [5.41, 5.74) is 7.23. The number of imide groups is 1. The lowest BCUT2D eigenvalue weighted by molar-refractivity contribution is -0.147. The van der Waals surface area contributed by atoms with E-state index >= 15 is 0 Å². The van der Waals surface area contributed by atoms with Gasteiger partial charge in [-0.25, -0.2) is 0 Å². The van der Waals surface area contributed by atoms with Crippen LogP contribution in [0.5, 0.6) is 5.75 Å². The third kappa shape index (κ3) is 5.11. The Morgan fingerprint density at radius 1 is 0.826 bits per heavy atom. The first-order chi connectivity index (χ1) is 22.0. The summed E-state index contributed by atoms with van der Waals surface area (Å²) < 4.78 is 6.27. The molecule has 4 aliphatic carbocycles. The van der Waals surface area contributed by atoms with Crippen LogP contribution < -0.4 is 10.1 Å². The van der Waals surface area contributed by atoms with Crippen LogP contribution >= 0.6 is 0 Å². The highest BCUT2D eigenvalue weighted by Gasteiger charge is 2.56. The van der Waals surface area contributed by atoms with Crippen molar-refractivity contribution in [1.82, 2.24) is 5.32 Å². The van der Waals surface area contributed by atoms with Gasteiger partial charge >= 0.3 is 0 Å². The van der Waals surface area contributed by atoms with Gasteiger partial charge in [-0.3, -0.25) is 14.9 Å². The third-order valence-corrected chi connectivity index (χ3v) is 13.2. The van der Waals surface area contributed by atoms with Crippen molar-refractivity contribution in [2.45, 2.75) is 110 Å². The fourth-order valence-corrected chi connectivity index (χ4v) is 10.6. The van der Waals surface area contributed by atoms with Crippen LogP contribution in [0.1, 0.15) is 106 Å². The van der Waals surface area contributed by atoms with E-state index in [0.29, 0.717) is 6.61 Å². The van der Waals surface area contributed by atoms with E-state index in [0.717, 1.165) is 69.1 Å². The molecule has 7 atom stereocenters. The maximum Gasteiger partial charge on any atom is 0.232 e. The van der Waals surface area contributed by atoms with Crippen LogP contribution in [0, 0.1) is 36.0 Å². The molecule has 2 saturated carbocycles. The summed E-state index contributed by atoms with van der Waals surface area (Å²) in [5, 5.41) is 3.10. The monoisotopic (exact) mass is 617 g/mol. The number of carbonyl (C=O) groups is 2. The number of ether oxygens (including phenoxy) is 1. The molecule has 4 aliphatic rings. The average Bonchev–Trinajstić information content (AvgIpc) is 3.04. The normalized spacial score (nSPS) is 33.1. The summed E-state index contributed by atoms with van der Waals surface area (Å²) in [7, 11) is 0. The van der Waals surface area contributed by atoms with Gasteiger partial charge in [0.2, 0.25) is 11.8 Å². The van der Waals surface area contributed by atoms with Crippen LogP contribution in [-0.4, -0.2) is 11.8 Å². The number of hydrogen-bond acceptors (Lipinski definition) is 3. The summed E-state index contributed by atoms with van der Waals surface area (Å²) in [6.45, 7) is 11.8. The molecule has 3 aromatic carbocycles. The molecule has 3 aromatic rings. The summed E-state index contributed by atoms with van der Waals surface area (Å²) in [4.78, 5) is 28.7. The molecule has 4 nitrogen and oxygen atoms in total. The number of carbonyl (C=O) groups excluding carboxylic acids is 2. The van der Waals surface area contributed by atoms with E-state index in [1.54, 1.807) is 0 Å². The molecule has 0 aliphatic heterocycles. The topological polar surface area (TPSA) is 55.4 Å². The lowest BCUT2D eigenvalue weighted by Gasteiger charge is -2.55. The molecule has 0 bridgehead atoms. The number of fused-ring (bicyclic) bond motifs is 6. The molecule has 0 radical (unpaired) electrons. The molecule has 7 rings (SSSR count). The van der Waals surface area contributed by atoms with E-state index in [2.05, 4.69) is 88.5 Å². The van der Waals surface area contributed by atoms with Gasteiger partial charge in [0.05, 0.1) is 5.41 Å². The van der Waals surface area contributed by atoms with Crippen molar-refractivity contribution in [2.24, 2.45) is 29.1 Å². The number of nitrogens with one attached hydrogen (secondary N) is 1. The minimum atomic E-state index is -0.598. The first-order valence-corrected chi connectivity index (χ1v) is 17.8. The van der Waals surface area contributed by atoms with Crippen molar-refractivity contribution < 1.29 is 14.3 Å². The first kappa shape index (κ1) is 31.2. The van der Waals surface area contributed by atoms with E-state index in [4.69, 9.17) is 4.74 Å². The fraction of sp³-hybridized carbons (Fsp3) is 0.524. The summed E-state index contributed by atoms with van der Waals surface area (Å²) in [5.74, 6) is 1.32. The highest BCUT2D eigenvalue weighted by atomic mass is 16.5. The second-order valence-electron chi connectivity index (χ2n) is 16.0. The van der Waals surface area contributed by atoms with Gasteiger partial charge in [0, 0.05) is 5.92 Å². The Kier molecular flexibility index (Phi) is 7.93. The van der Waals surface area contributed by atoms with Crippen molar-refractivity contribution in [1.29, 1.82) is 0 Å². The predicted octanol–water partition coefficient (Wildman–Crippen LogP) is 8.79. The second kappa shape index (κ2) is 11.7. The molecule has 242 valence electrons. The lowest BCUT2D eigenvalue weighted by atomic mass is 9.49. The molecular weight excluding hydrogens is 566 g/mol. The Hall–Kier alpha value is -3.40. The fourth-order valence-electron chi connectivity index (χ4n) is 10.6. The van der Waals surface area contributed by atoms with Crippen molar-refractivity contribution in [3.63, 3.8) is 0 Å². The Labute approximate surface area is 275 Å². The number of amides is 2. The van der Waals surface area contributed by atoms with Gasteiger partial charge in [-0.15, -0.1) is 0 Å². The van der Waals surface area contributed by atoms with E-state index in [-0.39, 0.29) is 46.3 Å². The zero-order valence-electron chi connectivity index (χ0n) is 28.5. The van der Waals surface area contributed by atoms with Gasteiger partial charge in [0.15, 0.2) is 0 Å². The average molecular weight is 618 g/mol. The van der Waals surface area contributed by atoms with Gasteiger partial charge in [0.25, 0.3) is 0 Å². The molecule has 0 aromatic heterocycles. The van der Waals surface area contributed by atoms with Crippen LogP contribution in [0.4, 0.5) is 0 Å². The summed E-state index contributed by atoms with van der Waals surface area (Å²) in [6, 6.07) is 23.7. The molecule has 2 fully saturated rings. The van der Waals surface area contributed by atoms with Crippen LogP contribution in [0.15, 0.2) is 66.7 Å². The highest BCUT2D eigenvalue weighted by Crippen LogP contribution is 2.58. The van der Waals surface area contributed by atoms with E-state index in [9.17, 15) is 9.59 Å². The maximum atomic E-state index is 14.4. The minimum absolute atomic E-state index is 0.0299. The highest BCUT2D eigenvalue weighted by molar-refractivity contribution is 5.99. The van der Waals surface area contributed by atoms with Crippen molar-refractivity contribution >= 4 is 11.8 Å². The van der Waals surface area contributed by atoms with Gasteiger partial charge in [-0.05, 0) is 127 Å². The van der Waals surface area contributed by atoms with Crippen molar-refractivity contribution in [3.8, 4) is 5.75 Å². The smallest absolute Gasteiger partial charge is 0.232 e. The van der Waals surface area contributed by atoms with Crippen molar-refractivity contribution in [2.75, 3.05) is 0 Å². The molecule has 0 spiro atoms. The van der Waals surface area contributed by atoms with Gasteiger partial charge in [0.1, 0.15) is 12.4 Å². The Balaban J connectivity index is 1.12. The van der Waals surface area contributed by atoms with E-state index < -0.39 is 5.41 Å². The van der Waals surface area contributed by atoms with Crippen molar-refractivity contribution in [3.05, 3.63) is 100 Å². The molecule has 0 heterocycles. The summed E-state index contributed by atoms with van der Waals surface area (Å²) in [6.07, 6.45) is 8.87. The predicted molar refractivity (Wildman–Crippen MR) is 184 cm³/mol. The lowest BCUT2D eigenvalue weighted by Crippen LogP contribution is -2.58. The molecular formula is C42H51NO3. The van der Waals surface area contributed by atoms with Gasteiger partial charge < -0.3 is 4.74 Å². The molecule has 0 saturated heterocycles. The van der Waals surface area contributed by atoms with Gasteiger partial charge in [-0.2, -0.15) is 0 Å². The SMILES string of the molecule is Cc1ccc2c(c1)[C@@]1(C)CC[C@@H](C)C(C(=O)NC(=O)[C@@]3(C)CCC[C@]4(C)c5cc(OCc6ccccc6)ccc5CC[C@@H]34)[C@@H]1CC2. The Morgan fingerprint density at radius 3 is 2.33 bits per heavy atom. The number of benzene rings is 3. The van der Waals surface area contributed by atoms with Crippen LogP contribution in [-0.2, 0) is 39.9 Å². The molecule has 1 N–H and O–H groups in total. The standard InChI is InChI=1S/C42H51NO3/c1-27-12-13-30-15-18-33-37(28(2)20-23-40(33,3)34(30)24-27)38(44)43-39(45)42(5)22-9-21-41(4)35-25-32(17-14-31(35)16-19-36(41)42)46-26-29-10-7-6-8-11-29/h6-8,10-14,17,24-25,28,33,36-37H,9,15-16,18-23,26H2,1-5H3,(H,43,44,45)/t28-,33+,36-,37?,40+,41-,42+/m1/s1. The largest absolute Gasteiger partial charge is 0.489 e. The van der Waals surface area contributed by atoms with Crippen LogP contribution in [0.2, 0.25) is 0 Å². The maximum absolute atomic E-state index is 14.4. The van der Waals surface area contributed by atoms with E-state index in [1.807, 2.05) is 18.2 Å². The molecule has 46 heavy (non-hydrogen) atoms. The molecule has 4 heteroatoms. The summed E-state index contributed by atoms with van der Waals surface area (Å²) >= 11 is 0. The quantitative estimate of drug-likeness (QED) is 0.291. The van der Waals surface area contributed by atoms with Crippen LogP contribution in [0.3, 0.4) is 0 Å². The first-order valence-electron chi connectivity index (χ1n) is 17.8. The second-order valence-corrected chi connectivity index (χ2v) is 16.0. The van der Waals surface area contributed by atoms with Crippen LogP contribution in [0.25, 0.3) is 0 Å². The Bertz CT molecular complexity index is 1650.